The summed E-state index contributed by atoms with van der Waals surface area (Å²) in [7, 11) is 0. The van der Waals surface area contributed by atoms with Gasteiger partial charge in [-0.25, -0.2) is 4.98 Å². The third-order valence-corrected chi connectivity index (χ3v) is 4.63. The van der Waals surface area contributed by atoms with E-state index in [-0.39, 0.29) is 11.8 Å². The van der Waals surface area contributed by atoms with E-state index in [1.165, 1.54) is 0 Å². The molecule has 3 N–H and O–H groups in total. The number of hydrogen-bond donors (Lipinski definition) is 3. The van der Waals surface area contributed by atoms with E-state index in [1.807, 2.05) is 54.6 Å². The van der Waals surface area contributed by atoms with Crippen LogP contribution in [-0.4, -0.2) is 34.2 Å². The number of carbonyl (C=O) groups is 1. The van der Waals surface area contributed by atoms with Gasteiger partial charge < -0.3 is 10.6 Å². The maximum absolute atomic E-state index is 12.6. The Hall–Kier alpha value is -2.99. The van der Waals surface area contributed by atoms with Crippen molar-refractivity contribution >= 4 is 11.6 Å². The number of anilines is 1. The summed E-state index contributed by atoms with van der Waals surface area (Å²) in [5.41, 5.74) is 2.53. The Morgan fingerprint density at radius 1 is 1.08 bits per heavy atom. The average Bonchev–Trinajstić information content (AvgIpc) is 3.20. The zero-order valence-electron chi connectivity index (χ0n) is 14.4. The average molecular weight is 347 g/mol. The van der Waals surface area contributed by atoms with Gasteiger partial charge in [-0.3, -0.25) is 9.89 Å². The zero-order valence-corrected chi connectivity index (χ0v) is 14.4. The van der Waals surface area contributed by atoms with E-state index in [0.717, 1.165) is 42.7 Å². The monoisotopic (exact) mass is 347 g/mol. The van der Waals surface area contributed by atoms with E-state index in [9.17, 15) is 4.79 Å². The largest absolute Gasteiger partial charge is 0.325 e. The Kier molecular flexibility index (Phi) is 4.75. The number of amides is 1. The predicted molar refractivity (Wildman–Crippen MR) is 101 cm³/mol. The van der Waals surface area contributed by atoms with Crippen LogP contribution in [0.3, 0.4) is 0 Å². The topological polar surface area (TPSA) is 82.7 Å². The van der Waals surface area contributed by atoms with Crippen LogP contribution in [0.1, 0.15) is 12.8 Å². The first kappa shape index (κ1) is 16.5. The quantitative estimate of drug-likeness (QED) is 0.677. The third kappa shape index (κ3) is 3.50. The van der Waals surface area contributed by atoms with Crippen LogP contribution in [0.5, 0.6) is 0 Å². The minimum atomic E-state index is 0.00594. The number of rotatable bonds is 4. The van der Waals surface area contributed by atoms with Crippen molar-refractivity contribution in [1.82, 2.24) is 20.5 Å². The second-order valence-electron chi connectivity index (χ2n) is 6.45. The van der Waals surface area contributed by atoms with E-state index in [2.05, 4.69) is 25.8 Å². The summed E-state index contributed by atoms with van der Waals surface area (Å²) in [6.07, 6.45) is 1.95. The number of nitrogens with zero attached hydrogens (tertiary/aromatic N) is 2. The zero-order chi connectivity index (χ0) is 17.8. The number of aromatic amines is 1. The van der Waals surface area contributed by atoms with Crippen LogP contribution in [0.4, 0.5) is 5.69 Å². The molecule has 2 aromatic carbocycles. The Labute approximate surface area is 152 Å². The molecule has 132 valence electrons. The van der Waals surface area contributed by atoms with E-state index in [1.54, 1.807) is 0 Å². The Bertz CT molecular complexity index is 884. The summed E-state index contributed by atoms with van der Waals surface area (Å²) >= 11 is 0. The van der Waals surface area contributed by atoms with Crippen LogP contribution in [0.15, 0.2) is 54.6 Å². The minimum absolute atomic E-state index is 0.00594. The van der Waals surface area contributed by atoms with Gasteiger partial charge in [0.25, 0.3) is 0 Å². The van der Waals surface area contributed by atoms with Crippen molar-refractivity contribution in [2.45, 2.75) is 12.8 Å². The summed E-state index contributed by atoms with van der Waals surface area (Å²) in [6.45, 7) is 1.72. The molecular weight excluding hydrogens is 326 g/mol. The van der Waals surface area contributed by atoms with E-state index in [4.69, 9.17) is 0 Å². The molecule has 0 radical (unpaired) electrons. The van der Waals surface area contributed by atoms with Gasteiger partial charge in [0.05, 0.1) is 11.6 Å². The number of piperidine rings is 1. The Morgan fingerprint density at radius 2 is 1.88 bits per heavy atom. The lowest BCUT2D eigenvalue weighted by Crippen LogP contribution is -2.37. The number of hydrogen-bond acceptors (Lipinski definition) is 4. The second kappa shape index (κ2) is 7.49. The van der Waals surface area contributed by atoms with E-state index < -0.39 is 0 Å². The highest BCUT2D eigenvalue weighted by Gasteiger charge is 2.22. The van der Waals surface area contributed by atoms with Crippen molar-refractivity contribution in [3.05, 3.63) is 54.6 Å². The first-order valence-electron chi connectivity index (χ1n) is 8.90. The van der Waals surface area contributed by atoms with Gasteiger partial charge in [0, 0.05) is 17.7 Å². The van der Waals surface area contributed by atoms with Crippen LogP contribution in [0.25, 0.3) is 22.8 Å². The van der Waals surface area contributed by atoms with Crippen LogP contribution < -0.4 is 10.6 Å². The number of H-pyrrole nitrogens is 1. The molecule has 1 unspecified atom stereocenters. The third-order valence-electron chi connectivity index (χ3n) is 4.63. The fourth-order valence-corrected chi connectivity index (χ4v) is 3.21. The van der Waals surface area contributed by atoms with Crippen LogP contribution >= 0.6 is 0 Å². The predicted octanol–water partition coefficient (Wildman–Crippen LogP) is 3.08. The van der Waals surface area contributed by atoms with Crippen LogP contribution in [0.2, 0.25) is 0 Å². The molecule has 1 aliphatic rings. The molecule has 1 atom stereocenters. The van der Waals surface area contributed by atoms with Crippen molar-refractivity contribution in [2.24, 2.45) is 5.92 Å². The van der Waals surface area contributed by atoms with Crippen LogP contribution in [-0.2, 0) is 4.79 Å². The standard InChI is InChI=1S/C20H21N5O/c26-20(15-9-6-12-21-13-15)22-17-11-5-4-10-16(17)19-23-18(24-25-19)14-7-2-1-3-8-14/h1-5,7-8,10-11,15,21H,6,9,12-13H2,(H,22,26)(H,23,24,25). The lowest BCUT2D eigenvalue weighted by Gasteiger charge is -2.22. The highest BCUT2D eigenvalue weighted by atomic mass is 16.1. The van der Waals surface area contributed by atoms with Gasteiger partial charge in [0.1, 0.15) is 0 Å². The molecule has 3 aromatic rings. The number of para-hydroxylation sites is 1. The second-order valence-corrected chi connectivity index (χ2v) is 6.45. The molecular formula is C20H21N5O. The Morgan fingerprint density at radius 3 is 2.69 bits per heavy atom. The van der Waals surface area contributed by atoms with E-state index >= 15 is 0 Å². The first-order valence-corrected chi connectivity index (χ1v) is 8.90. The molecule has 1 fully saturated rings. The van der Waals surface area contributed by atoms with Crippen molar-refractivity contribution in [1.29, 1.82) is 0 Å². The van der Waals surface area contributed by atoms with Gasteiger partial charge in [-0.05, 0) is 31.5 Å². The van der Waals surface area contributed by atoms with Crippen molar-refractivity contribution < 1.29 is 4.79 Å². The van der Waals surface area contributed by atoms with Crippen molar-refractivity contribution in [2.75, 3.05) is 18.4 Å². The molecule has 26 heavy (non-hydrogen) atoms. The fraction of sp³-hybridized carbons (Fsp3) is 0.250. The summed E-state index contributed by atoms with van der Waals surface area (Å²) < 4.78 is 0. The molecule has 4 rings (SSSR count). The molecule has 2 heterocycles. The maximum atomic E-state index is 12.6. The lowest BCUT2D eigenvalue weighted by atomic mass is 9.98. The normalized spacial score (nSPS) is 17.0. The molecule has 0 bridgehead atoms. The summed E-state index contributed by atoms with van der Waals surface area (Å²) in [5.74, 6) is 1.33. The van der Waals surface area contributed by atoms with Gasteiger partial charge in [-0.2, -0.15) is 5.10 Å². The SMILES string of the molecule is O=C(Nc1ccccc1-c1nc(-c2ccccc2)n[nH]1)C1CCCNC1. The van der Waals surface area contributed by atoms with Gasteiger partial charge in [-0.1, -0.05) is 42.5 Å². The molecule has 0 aliphatic carbocycles. The first-order chi connectivity index (χ1) is 12.8. The van der Waals surface area contributed by atoms with Crippen molar-refractivity contribution in [3.63, 3.8) is 0 Å². The molecule has 0 spiro atoms. The molecule has 1 aromatic heterocycles. The number of aromatic nitrogens is 3. The van der Waals surface area contributed by atoms with E-state index in [0.29, 0.717) is 11.6 Å². The number of nitrogens with one attached hydrogen (secondary N) is 3. The van der Waals surface area contributed by atoms with Gasteiger partial charge in [0.15, 0.2) is 11.6 Å². The lowest BCUT2D eigenvalue weighted by molar-refractivity contribution is -0.120. The van der Waals surface area contributed by atoms with Gasteiger partial charge >= 0.3 is 0 Å². The molecule has 1 aliphatic heterocycles. The minimum Gasteiger partial charge on any atom is -0.325 e. The smallest absolute Gasteiger partial charge is 0.228 e. The highest BCUT2D eigenvalue weighted by Crippen LogP contribution is 2.27. The molecule has 1 amide bonds. The summed E-state index contributed by atoms with van der Waals surface area (Å²) in [5, 5.41) is 13.6. The van der Waals surface area contributed by atoms with Crippen molar-refractivity contribution in [3.8, 4) is 22.8 Å². The number of benzene rings is 2. The fourth-order valence-electron chi connectivity index (χ4n) is 3.21. The summed E-state index contributed by atoms with van der Waals surface area (Å²) in [6, 6.07) is 17.5. The van der Waals surface area contributed by atoms with Gasteiger partial charge in [-0.15, -0.1) is 0 Å². The summed E-state index contributed by atoms with van der Waals surface area (Å²) in [4.78, 5) is 17.2. The molecule has 1 saturated heterocycles. The molecule has 6 heteroatoms. The maximum Gasteiger partial charge on any atom is 0.228 e. The highest BCUT2D eigenvalue weighted by molar-refractivity contribution is 5.96. The Balaban J connectivity index is 1.58. The van der Waals surface area contributed by atoms with Gasteiger partial charge in [0.2, 0.25) is 5.91 Å². The van der Waals surface area contributed by atoms with Crippen LogP contribution in [0, 0.1) is 5.92 Å². The molecule has 0 saturated carbocycles. The molecule has 6 nitrogen and oxygen atoms in total. The number of carbonyl (C=O) groups excluding carboxylic acids is 1.